The van der Waals surface area contributed by atoms with E-state index < -0.39 is 0 Å². The topological polar surface area (TPSA) is 60.2 Å². The van der Waals surface area contributed by atoms with E-state index in [1.54, 1.807) is 0 Å². The van der Waals surface area contributed by atoms with Crippen LogP contribution in [0.5, 0.6) is 0 Å². The standard InChI is InChI=1S/C14H25N3O2/c1-5-18-14(8-6-7-9-14)12-16-11(19-17-12)10-15-13(2,3)4/h15H,5-10H2,1-4H3. The van der Waals surface area contributed by atoms with Gasteiger partial charge < -0.3 is 14.6 Å². The summed E-state index contributed by atoms with van der Waals surface area (Å²) in [5, 5.41) is 7.49. The average Bonchev–Trinajstić information content (AvgIpc) is 2.94. The van der Waals surface area contributed by atoms with Gasteiger partial charge >= 0.3 is 0 Å². The summed E-state index contributed by atoms with van der Waals surface area (Å²) in [6, 6.07) is 0. The Labute approximate surface area is 115 Å². The van der Waals surface area contributed by atoms with Gasteiger partial charge in [-0.2, -0.15) is 4.98 Å². The lowest BCUT2D eigenvalue weighted by molar-refractivity contribution is -0.0469. The molecule has 1 fully saturated rings. The van der Waals surface area contributed by atoms with Gasteiger partial charge in [0.2, 0.25) is 11.7 Å². The van der Waals surface area contributed by atoms with Gasteiger partial charge in [0.1, 0.15) is 5.60 Å². The van der Waals surface area contributed by atoms with Crippen molar-refractivity contribution in [2.75, 3.05) is 6.61 Å². The van der Waals surface area contributed by atoms with Crippen LogP contribution in [0, 0.1) is 0 Å². The average molecular weight is 267 g/mol. The van der Waals surface area contributed by atoms with Gasteiger partial charge in [-0.1, -0.05) is 5.16 Å². The molecule has 1 aliphatic rings. The predicted molar refractivity (Wildman–Crippen MR) is 72.7 cm³/mol. The Bertz CT molecular complexity index is 403. The van der Waals surface area contributed by atoms with Crippen molar-refractivity contribution < 1.29 is 9.26 Å². The minimum Gasteiger partial charge on any atom is -0.367 e. The Balaban J connectivity index is 2.06. The summed E-state index contributed by atoms with van der Waals surface area (Å²) in [5.41, 5.74) is -0.266. The van der Waals surface area contributed by atoms with Crippen molar-refractivity contribution in [3.8, 4) is 0 Å². The zero-order chi connectivity index (χ0) is 13.9. The Kier molecular flexibility index (Phi) is 4.26. The summed E-state index contributed by atoms with van der Waals surface area (Å²) in [5.74, 6) is 1.36. The fraction of sp³-hybridized carbons (Fsp3) is 0.857. The van der Waals surface area contributed by atoms with Gasteiger partial charge in [0, 0.05) is 12.1 Å². The van der Waals surface area contributed by atoms with E-state index in [2.05, 4.69) is 36.2 Å². The van der Waals surface area contributed by atoms with E-state index in [-0.39, 0.29) is 11.1 Å². The lowest BCUT2D eigenvalue weighted by Gasteiger charge is -2.24. The number of ether oxygens (including phenoxy) is 1. The zero-order valence-electron chi connectivity index (χ0n) is 12.5. The molecule has 1 aromatic heterocycles. The van der Waals surface area contributed by atoms with Gasteiger partial charge in [0.25, 0.3) is 0 Å². The highest BCUT2D eigenvalue weighted by Crippen LogP contribution is 2.40. The minimum atomic E-state index is -0.307. The maximum Gasteiger partial charge on any atom is 0.240 e. The van der Waals surface area contributed by atoms with Crippen LogP contribution in [0.25, 0.3) is 0 Å². The van der Waals surface area contributed by atoms with Gasteiger partial charge in [-0.3, -0.25) is 0 Å². The number of nitrogens with zero attached hydrogens (tertiary/aromatic N) is 2. The normalized spacial score (nSPS) is 18.9. The Morgan fingerprint density at radius 2 is 2.00 bits per heavy atom. The van der Waals surface area contributed by atoms with Gasteiger partial charge in [-0.25, -0.2) is 0 Å². The number of hydrogen-bond acceptors (Lipinski definition) is 5. The third kappa shape index (κ3) is 3.54. The van der Waals surface area contributed by atoms with Crippen LogP contribution >= 0.6 is 0 Å². The molecule has 0 unspecified atom stereocenters. The maximum atomic E-state index is 5.93. The number of aromatic nitrogens is 2. The smallest absolute Gasteiger partial charge is 0.240 e. The zero-order valence-corrected chi connectivity index (χ0v) is 12.5. The fourth-order valence-corrected chi connectivity index (χ4v) is 2.51. The van der Waals surface area contributed by atoms with Crippen LogP contribution in [-0.2, 0) is 16.9 Å². The molecule has 1 aliphatic carbocycles. The van der Waals surface area contributed by atoms with E-state index in [9.17, 15) is 0 Å². The second-order valence-electron chi connectivity index (χ2n) is 6.25. The Hall–Kier alpha value is -0.940. The molecule has 0 aliphatic heterocycles. The minimum absolute atomic E-state index is 0.0413. The van der Waals surface area contributed by atoms with Crippen molar-refractivity contribution >= 4 is 0 Å². The molecule has 0 amide bonds. The first-order chi connectivity index (χ1) is 8.95. The largest absolute Gasteiger partial charge is 0.367 e. The van der Waals surface area contributed by atoms with Crippen molar-refractivity contribution in [3.63, 3.8) is 0 Å². The molecule has 108 valence electrons. The molecule has 0 saturated heterocycles. The molecule has 1 heterocycles. The molecule has 0 bridgehead atoms. The highest BCUT2D eigenvalue weighted by molar-refractivity contribution is 5.04. The van der Waals surface area contributed by atoms with Crippen molar-refractivity contribution in [2.24, 2.45) is 0 Å². The van der Waals surface area contributed by atoms with Gasteiger partial charge in [0.05, 0.1) is 6.54 Å². The second kappa shape index (κ2) is 5.59. The van der Waals surface area contributed by atoms with Gasteiger partial charge in [-0.15, -0.1) is 0 Å². The summed E-state index contributed by atoms with van der Waals surface area (Å²) in [6.07, 6.45) is 4.33. The third-order valence-corrected chi connectivity index (χ3v) is 3.48. The van der Waals surface area contributed by atoms with E-state index in [0.717, 1.165) is 18.7 Å². The first-order valence-corrected chi connectivity index (χ1v) is 7.17. The molecule has 1 saturated carbocycles. The number of nitrogens with one attached hydrogen (secondary N) is 1. The second-order valence-corrected chi connectivity index (χ2v) is 6.25. The molecule has 2 rings (SSSR count). The van der Waals surface area contributed by atoms with Crippen LogP contribution in [0.4, 0.5) is 0 Å². The molecule has 1 N–H and O–H groups in total. The number of hydrogen-bond donors (Lipinski definition) is 1. The maximum absolute atomic E-state index is 5.93. The molecule has 5 nitrogen and oxygen atoms in total. The quantitative estimate of drug-likeness (QED) is 0.889. The van der Waals surface area contributed by atoms with Crippen molar-refractivity contribution in [3.05, 3.63) is 11.7 Å². The first kappa shape index (κ1) is 14.5. The molecule has 0 radical (unpaired) electrons. The first-order valence-electron chi connectivity index (χ1n) is 7.17. The molecule has 19 heavy (non-hydrogen) atoms. The van der Waals surface area contributed by atoms with Crippen LogP contribution < -0.4 is 5.32 Å². The molecular weight excluding hydrogens is 242 g/mol. The fourth-order valence-electron chi connectivity index (χ4n) is 2.51. The van der Waals surface area contributed by atoms with Crippen molar-refractivity contribution in [1.29, 1.82) is 0 Å². The summed E-state index contributed by atoms with van der Waals surface area (Å²) in [7, 11) is 0. The summed E-state index contributed by atoms with van der Waals surface area (Å²) in [6.45, 7) is 9.64. The van der Waals surface area contributed by atoms with Gasteiger partial charge in [-0.05, 0) is 53.4 Å². The van der Waals surface area contributed by atoms with Crippen molar-refractivity contribution in [2.45, 2.75) is 71.1 Å². The molecule has 5 heteroatoms. The summed E-state index contributed by atoms with van der Waals surface area (Å²) in [4.78, 5) is 4.52. The van der Waals surface area contributed by atoms with E-state index in [1.165, 1.54) is 12.8 Å². The molecule has 0 aromatic carbocycles. The third-order valence-electron chi connectivity index (χ3n) is 3.48. The molecule has 1 aromatic rings. The van der Waals surface area contributed by atoms with Crippen LogP contribution in [0.3, 0.4) is 0 Å². The Morgan fingerprint density at radius 3 is 2.58 bits per heavy atom. The SMILES string of the molecule is CCOC1(c2noc(CNC(C)(C)C)n2)CCCC1. The van der Waals surface area contributed by atoms with E-state index in [4.69, 9.17) is 9.26 Å². The molecular formula is C14H25N3O2. The lowest BCUT2D eigenvalue weighted by Crippen LogP contribution is -2.35. The van der Waals surface area contributed by atoms with Crippen LogP contribution in [0.2, 0.25) is 0 Å². The van der Waals surface area contributed by atoms with Crippen LogP contribution in [0.1, 0.15) is 65.1 Å². The Morgan fingerprint density at radius 1 is 1.32 bits per heavy atom. The van der Waals surface area contributed by atoms with E-state index in [1.807, 2.05) is 6.92 Å². The molecule has 0 spiro atoms. The highest BCUT2D eigenvalue weighted by Gasteiger charge is 2.40. The number of rotatable bonds is 5. The monoisotopic (exact) mass is 267 g/mol. The lowest BCUT2D eigenvalue weighted by atomic mass is 10.0. The summed E-state index contributed by atoms with van der Waals surface area (Å²) >= 11 is 0. The highest BCUT2D eigenvalue weighted by atomic mass is 16.5. The van der Waals surface area contributed by atoms with Gasteiger partial charge in [0.15, 0.2) is 0 Å². The van der Waals surface area contributed by atoms with E-state index >= 15 is 0 Å². The van der Waals surface area contributed by atoms with E-state index in [0.29, 0.717) is 19.0 Å². The predicted octanol–water partition coefficient (Wildman–Crippen LogP) is 2.76. The molecule has 0 atom stereocenters. The summed E-state index contributed by atoms with van der Waals surface area (Å²) < 4.78 is 11.3. The van der Waals surface area contributed by atoms with Crippen LogP contribution in [0.15, 0.2) is 4.52 Å². The van der Waals surface area contributed by atoms with Crippen LogP contribution in [-0.4, -0.2) is 22.3 Å². The van der Waals surface area contributed by atoms with Crippen molar-refractivity contribution in [1.82, 2.24) is 15.5 Å².